The predicted octanol–water partition coefficient (Wildman–Crippen LogP) is 2.22. The van der Waals surface area contributed by atoms with Gasteiger partial charge in [0.1, 0.15) is 0 Å². The number of rotatable bonds is 1. The largest absolute Gasteiger partial charge is 0.359 e. The maximum Gasteiger partial charge on any atom is 0.153 e. The van der Waals surface area contributed by atoms with E-state index in [2.05, 4.69) is 10.5 Å². The normalized spacial score (nSPS) is 22.4. The Balaban J connectivity index is 0.000000845. The quantitative estimate of drug-likeness (QED) is 0.759. The molecular weight excluding hydrogens is 188 g/mol. The van der Waals surface area contributed by atoms with Crippen LogP contribution in [0.3, 0.4) is 0 Å². The second kappa shape index (κ2) is 4.63. The van der Waals surface area contributed by atoms with Crippen LogP contribution in [0.4, 0.5) is 0 Å². The summed E-state index contributed by atoms with van der Waals surface area (Å²) in [6.45, 7) is 3.06. The zero-order valence-corrected chi connectivity index (χ0v) is 8.56. The summed E-state index contributed by atoms with van der Waals surface area (Å²) in [5.74, 6) is 0.993. The molecule has 0 saturated carbocycles. The highest BCUT2D eigenvalue weighted by Crippen LogP contribution is 2.22. The van der Waals surface area contributed by atoms with Gasteiger partial charge in [-0.15, -0.1) is 12.4 Å². The van der Waals surface area contributed by atoms with Crippen molar-refractivity contribution in [3.05, 3.63) is 17.5 Å². The van der Waals surface area contributed by atoms with Gasteiger partial charge in [0.15, 0.2) is 5.76 Å². The fourth-order valence-corrected chi connectivity index (χ4v) is 1.64. The molecule has 0 radical (unpaired) electrons. The molecule has 3 nitrogen and oxygen atoms in total. The van der Waals surface area contributed by atoms with Gasteiger partial charge in [-0.1, -0.05) is 11.6 Å². The van der Waals surface area contributed by atoms with Crippen LogP contribution in [-0.2, 0) is 0 Å². The maximum atomic E-state index is 5.19. The molecule has 2 rings (SSSR count). The Morgan fingerprint density at radius 3 is 2.92 bits per heavy atom. The zero-order chi connectivity index (χ0) is 8.39. The molecule has 0 aromatic carbocycles. The van der Waals surface area contributed by atoms with Gasteiger partial charge >= 0.3 is 0 Å². The van der Waals surface area contributed by atoms with E-state index in [1.165, 1.54) is 19.3 Å². The second-order valence-corrected chi connectivity index (χ2v) is 3.37. The Bertz CT molecular complexity index is 256. The van der Waals surface area contributed by atoms with Crippen molar-refractivity contribution >= 4 is 12.4 Å². The standard InChI is InChI=1S/C9H14N2O.ClH/c1-7-6-9(12-11-7)8-4-2-3-5-10-8;/h6,8,10H,2-5H2,1H3;1H/t8-;/m1./s1. The van der Waals surface area contributed by atoms with Gasteiger partial charge in [-0.2, -0.15) is 0 Å². The van der Waals surface area contributed by atoms with Gasteiger partial charge in [0.25, 0.3) is 0 Å². The van der Waals surface area contributed by atoms with Crippen LogP contribution in [0.15, 0.2) is 10.6 Å². The molecule has 1 aromatic rings. The lowest BCUT2D eigenvalue weighted by Gasteiger charge is -2.20. The van der Waals surface area contributed by atoms with Gasteiger partial charge in [0, 0.05) is 6.07 Å². The molecule has 0 amide bonds. The SMILES string of the molecule is Cc1cc([C@H]2CCCCN2)on1.Cl. The third-order valence-corrected chi connectivity index (χ3v) is 2.30. The van der Waals surface area contributed by atoms with Gasteiger partial charge in [-0.3, -0.25) is 0 Å². The van der Waals surface area contributed by atoms with Crippen LogP contribution >= 0.6 is 12.4 Å². The van der Waals surface area contributed by atoms with E-state index in [-0.39, 0.29) is 12.4 Å². The number of nitrogens with zero attached hydrogens (tertiary/aromatic N) is 1. The predicted molar refractivity (Wildman–Crippen MR) is 53.1 cm³/mol. The molecule has 0 bridgehead atoms. The molecule has 1 aliphatic rings. The van der Waals surface area contributed by atoms with Crippen LogP contribution in [0, 0.1) is 6.92 Å². The maximum absolute atomic E-state index is 5.19. The number of aromatic nitrogens is 1. The van der Waals surface area contributed by atoms with E-state index in [1.807, 2.05) is 13.0 Å². The van der Waals surface area contributed by atoms with Crippen molar-refractivity contribution in [1.82, 2.24) is 10.5 Å². The monoisotopic (exact) mass is 202 g/mol. The molecule has 1 aromatic heterocycles. The third kappa shape index (κ3) is 2.45. The van der Waals surface area contributed by atoms with Gasteiger partial charge in [-0.05, 0) is 26.3 Å². The van der Waals surface area contributed by atoms with E-state index >= 15 is 0 Å². The van der Waals surface area contributed by atoms with Crippen molar-refractivity contribution in [3.63, 3.8) is 0 Å². The minimum Gasteiger partial charge on any atom is -0.359 e. The van der Waals surface area contributed by atoms with E-state index in [9.17, 15) is 0 Å². The van der Waals surface area contributed by atoms with E-state index in [0.29, 0.717) is 6.04 Å². The molecule has 13 heavy (non-hydrogen) atoms. The van der Waals surface area contributed by atoms with Gasteiger partial charge in [0.05, 0.1) is 11.7 Å². The molecule has 1 N–H and O–H groups in total. The third-order valence-electron chi connectivity index (χ3n) is 2.30. The molecule has 2 heterocycles. The highest BCUT2D eigenvalue weighted by atomic mass is 35.5. The lowest BCUT2D eigenvalue weighted by Crippen LogP contribution is -2.26. The van der Waals surface area contributed by atoms with Crippen molar-refractivity contribution < 1.29 is 4.52 Å². The molecule has 0 aliphatic carbocycles. The van der Waals surface area contributed by atoms with Crippen LogP contribution in [0.2, 0.25) is 0 Å². The summed E-state index contributed by atoms with van der Waals surface area (Å²) in [7, 11) is 0. The molecule has 1 aliphatic heterocycles. The highest BCUT2D eigenvalue weighted by Gasteiger charge is 2.17. The number of hydrogen-bond donors (Lipinski definition) is 1. The van der Waals surface area contributed by atoms with Crippen LogP contribution in [0.5, 0.6) is 0 Å². The van der Waals surface area contributed by atoms with Crippen LogP contribution in [-0.4, -0.2) is 11.7 Å². The number of aryl methyl sites for hydroxylation is 1. The first-order valence-electron chi connectivity index (χ1n) is 4.53. The first kappa shape index (κ1) is 10.5. The van der Waals surface area contributed by atoms with Crippen molar-refractivity contribution in [3.8, 4) is 0 Å². The van der Waals surface area contributed by atoms with Crippen LogP contribution < -0.4 is 5.32 Å². The summed E-state index contributed by atoms with van der Waals surface area (Å²) in [6, 6.07) is 2.42. The minimum absolute atomic E-state index is 0. The van der Waals surface area contributed by atoms with Crippen molar-refractivity contribution in [2.75, 3.05) is 6.54 Å². The summed E-state index contributed by atoms with van der Waals surface area (Å²) in [4.78, 5) is 0. The van der Waals surface area contributed by atoms with Gasteiger partial charge < -0.3 is 9.84 Å². The molecule has 4 heteroatoms. The number of nitrogens with one attached hydrogen (secondary N) is 1. The molecule has 74 valence electrons. The highest BCUT2D eigenvalue weighted by molar-refractivity contribution is 5.85. The van der Waals surface area contributed by atoms with E-state index in [0.717, 1.165) is 18.0 Å². The Kier molecular flexibility index (Phi) is 3.75. The van der Waals surface area contributed by atoms with Crippen LogP contribution in [0.1, 0.15) is 36.8 Å². The summed E-state index contributed by atoms with van der Waals surface area (Å²) >= 11 is 0. The fourth-order valence-electron chi connectivity index (χ4n) is 1.64. The zero-order valence-electron chi connectivity index (χ0n) is 7.75. The lowest BCUT2D eigenvalue weighted by molar-refractivity contribution is 0.303. The molecule has 1 saturated heterocycles. The summed E-state index contributed by atoms with van der Waals surface area (Å²) < 4.78 is 5.19. The van der Waals surface area contributed by atoms with Crippen molar-refractivity contribution in [1.29, 1.82) is 0 Å². The number of hydrogen-bond acceptors (Lipinski definition) is 3. The first-order valence-corrected chi connectivity index (χ1v) is 4.53. The fraction of sp³-hybridized carbons (Fsp3) is 0.667. The van der Waals surface area contributed by atoms with E-state index in [4.69, 9.17) is 4.52 Å². The molecule has 1 atom stereocenters. The second-order valence-electron chi connectivity index (χ2n) is 3.37. The number of halogens is 1. The Morgan fingerprint density at radius 2 is 2.38 bits per heavy atom. The molecule has 1 fully saturated rings. The smallest absolute Gasteiger partial charge is 0.153 e. The number of piperidine rings is 1. The first-order chi connectivity index (χ1) is 5.86. The van der Waals surface area contributed by atoms with Crippen molar-refractivity contribution in [2.24, 2.45) is 0 Å². The van der Waals surface area contributed by atoms with Gasteiger partial charge in [0.2, 0.25) is 0 Å². The Morgan fingerprint density at radius 1 is 1.54 bits per heavy atom. The molecular formula is C9H15ClN2O. The van der Waals surface area contributed by atoms with Crippen LogP contribution in [0.25, 0.3) is 0 Å². The summed E-state index contributed by atoms with van der Waals surface area (Å²) in [5.41, 5.74) is 0.970. The summed E-state index contributed by atoms with van der Waals surface area (Å²) in [6.07, 6.45) is 3.75. The summed E-state index contributed by atoms with van der Waals surface area (Å²) in [5, 5.41) is 7.29. The molecule has 0 spiro atoms. The molecule has 0 unspecified atom stereocenters. The topological polar surface area (TPSA) is 38.1 Å². The lowest BCUT2D eigenvalue weighted by atomic mass is 10.0. The van der Waals surface area contributed by atoms with Crippen molar-refractivity contribution in [2.45, 2.75) is 32.2 Å². The Labute approximate surface area is 84.3 Å². The average molecular weight is 203 g/mol. The minimum atomic E-state index is 0. The Hall–Kier alpha value is -0.540. The van der Waals surface area contributed by atoms with E-state index in [1.54, 1.807) is 0 Å². The van der Waals surface area contributed by atoms with E-state index < -0.39 is 0 Å². The van der Waals surface area contributed by atoms with Gasteiger partial charge in [-0.25, -0.2) is 0 Å². The average Bonchev–Trinajstić information content (AvgIpc) is 2.54.